The second-order valence-corrected chi connectivity index (χ2v) is 5.06. The molecule has 2 heterocycles. The van der Waals surface area contributed by atoms with Crippen molar-refractivity contribution in [3.05, 3.63) is 23.9 Å². The predicted octanol–water partition coefficient (Wildman–Crippen LogP) is 0.697. The van der Waals surface area contributed by atoms with Gasteiger partial charge in [-0.3, -0.25) is 4.90 Å². The van der Waals surface area contributed by atoms with Gasteiger partial charge in [0.25, 0.3) is 0 Å². The fourth-order valence-corrected chi connectivity index (χ4v) is 2.32. The number of hydrogen-bond acceptors (Lipinski definition) is 5. The lowest BCUT2D eigenvalue weighted by molar-refractivity contribution is 0.0749. The molecule has 106 valence electrons. The van der Waals surface area contributed by atoms with Crippen molar-refractivity contribution in [2.24, 2.45) is 5.73 Å². The van der Waals surface area contributed by atoms with E-state index in [1.807, 2.05) is 6.20 Å². The zero-order chi connectivity index (χ0) is 13.7. The number of hydrogen-bond donors (Lipinski definition) is 1. The average Bonchev–Trinajstić information content (AvgIpc) is 2.48. The summed E-state index contributed by atoms with van der Waals surface area (Å²) in [6.07, 6.45) is 2.17. The molecule has 1 aliphatic heterocycles. The van der Waals surface area contributed by atoms with E-state index >= 15 is 0 Å². The molecule has 1 fully saturated rings. The maximum Gasteiger partial charge on any atom is 0.128 e. The van der Waals surface area contributed by atoms with E-state index in [2.05, 4.69) is 33.8 Å². The Balaban J connectivity index is 1.85. The Morgan fingerprint density at radius 3 is 2.58 bits per heavy atom. The molecule has 1 aromatic heterocycles. The summed E-state index contributed by atoms with van der Waals surface area (Å²) in [6, 6.07) is 4.12. The van der Waals surface area contributed by atoms with E-state index in [-0.39, 0.29) is 0 Å². The highest BCUT2D eigenvalue weighted by atomic mass is 16.5. The third-order valence-corrected chi connectivity index (χ3v) is 3.66. The van der Waals surface area contributed by atoms with Crippen LogP contribution in [0.2, 0.25) is 0 Å². The SMILES string of the molecule is COC(C)CN1CCN(c2ccc(CN)cn2)CC1. The molecule has 1 saturated heterocycles. The molecule has 1 aromatic rings. The lowest BCUT2D eigenvalue weighted by atomic mass is 10.2. The number of anilines is 1. The van der Waals surface area contributed by atoms with Crippen LogP contribution in [0.15, 0.2) is 18.3 Å². The zero-order valence-electron chi connectivity index (χ0n) is 11.9. The lowest BCUT2D eigenvalue weighted by Crippen LogP contribution is -2.48. The lowest BCUT2D eigenvalue weighted by Gasteiger charge is -2.36. The maximum absolute atomic E-state index is 5.58. The van der Waals surface area contributed by atoms with Crippen LogP contribution >= 0.6 is 0 Å². The van der Waals surface area contributed by atoms with Crippen molar-refractivity contribution in [1.29, 1.82) is 0 Å². The number of piperazine rings is 1. The van der Waals surface area contributed by atoms with Crippen LogP contribution in [0.5, 0.6) is 0 Å². The highest BCUT2D eigenvalue weighted by Gasteiger charge is 2.19. The van der Waals surface area contributed by atoms with Gasteiger partial charge in [-0.15, -0.1) is 0 Å². The van der Waals surface area contributed by atoms with E-state index in [0.29, 0.717) is 12.6 Å². The van der Waals surface area contributed by atoms with Gasteiger partial charge in [-0.05, 0) is 18.6 Å². The molecule has 0 radical (unpaired) electrons. The molecule has 0 bridgehead atoms. The second kappa shape index (κ2) is 6.84. The first-order valence-corrected chi connectivity index (χ1v) is 6.88. The van der Waals surface area contributed by atoms with Crippen molar-refractivity contribution in [2.45, 2.75) is 19.6 Å². The third kappa shape index (κ3) is 3.89. The fourth-order valence-electron chi connectivity index (χ4n) is 2.32. The van der Waals surface area contributed by atoms with Crippen molar-refractivity contribution in [1.82, 2.24) is 9.88 Å². The topological polar surface area (TPSA) is 54.6 Å². The molecular formula is C14H24N4O. The molecule has 1 aliphatic rings. The molecule has 19 heavy (non-hydrogen) atoms. The van der Waals surface area contributed by atoms with E-state index in [1.165, 1.54) is 0 Å². The first-order valence-electron chi connectivity index (χ1n) is 6.88. The van der Waals surface area contributed by atoms with Crippen LogP contribution in [-0.4, -0.2) is 55.8 Å². The second-order valence-electron chi connectivity index (χ2n) is 5.06. The largest absolute Gasteiger partial charge is 0.380 e. The summed E-state index contributed by atoms with van der Waals surface area (Å²) in [5.41, 5.74) is 6.66. The van der Waals surface area contributed by atoms with Crippen LogP contribution in [0.3, 0.4) is 0 Å². The zero-order valence-corrected chi connectivity index (χ0v) is 11.9. The summed E-state index contributed by atoms with van der Waals surface area (Å²) in [5.74, 6) is 1.05. The number of methoxy groups -OCH3 is 1. The summed E-state index contributed by atoms with van der Waals surface area (Å²) in [4.78, 5) is 9.25. The minimum Gasteiger partial charge on any atom is -0.380 e. The van der Waals surface area contributed by atoms with Gasteiger partial charge >= 0.3 is 0 Å². The normalized spacial score (nSPS) is 18.6. The van der Waals surface area contributed by atoms with Gasteiger partial charge in [0.2, 0.25) is 0 Å². The summed E-state index contributed by atoms with van der Waals surface area (Å²) in [6.45, 7) is 7.83. The number of pyridine rings is 1. The average molecular weight is 264 g/mol. The number of nitrogens with two attached hydrogens (primary N) is 1. The van der Waals surface area contributed by atoms with E-state index in [1.54, 1.807) is 7.11 Å². The Morgan fingerprint density at radius 2 is 2.05 bits per heavy atom. The Hall–Kier alpha value is -1.17. The predicted molar refractivity (Wildman–Crippen MR) is 77.3 cm³/mol. The summed E-state index contributed by atoms with van der Waals surface area (Å²) in [7, 11) is 1.77. The van der Waals surface area contributed by atoms with Crippen molar-refractivity contribution >= 4 is 5.82 Å². The maximum atomic E-state index is 5.58. The molecular weight excluding hydrogens is 240 g/mol. The molecule has 2 N–H and O–H groups in total. The monoisotopic (exact) mass is 264 g/mol. The highest BCUT2D eigenvalue weighted by molar-refractivity contribution is 5.39. The molecule has 1 atom stereocenters. The van der Waals surface area contributed by atoms with Gasteiger partial charge in [0.1, 0.15) is 5.82 Å². The summed E-state index contributed by atoms with van der Waals surface area (Å²) >= 11 is 0. The smallest absolute Gasteiger partial charge is 0.128 e. The standard InChI is InChI=1S/C14H24N4O/c1-12(19-2)11-17-5-7-18(8-6-17)14-4-3-13(9-15)10-16-14/h3-4,10,12H,5-9,11,15H2,1-2H3. The minimum atomic E-state index is 0.300. The molecule has 5 heteroatoms. The van der Waals surface area contributed by atoms with E-state index in [4.69, 9.17) is 10.5 Å². The number of ether oxygens (including phenoxy) is 1. The highest BCUT2D eigenvalue weighted by Crippen LogP contribution is 2.14. The van der Waals surface area contributed by atoms with Gasteiger partial charge in [0.05, 0.1) is 6.10 Å². The number of aromatic nitrogens is 1. The van der Waals surface area contributed by atoms with E-state index in [9.17, 15) is 0 Å². The number of nitrogens with zero attached hydrogens (tertiary/aromatic N) is 3. The molecule has 2 rings (SSSR count). The van der Waals surface area contributed by atoms with Gasteiger partial charge in [-0.25, -0.2) is 4.98 Å². The van der Waals surface area contributed by atoms with E-state index < -0.39 is 0 Å². The van der Waals surface area contributed by atoms with Crippen LogP contribution in [-0.2, 0) is 11.3 Å². The Bertz CT molecular complexity index is 374. The molecule has 0 spiro atoms. The fraction of sp³-hybridized carbons (Fsp3) is 0.643. The number of rotatable bonds is 5. The van der Waals surface area contributed by atoms with Gasteiger partial charge in [0, 0.05) is 52.6 Å². The van der Waals surface area contributed by atoms with Crippen LogP contribution in [0, 0.1) is 0 Å². The summed E-state index contributed by atoms with van der Waals surface area (Å²) in [5, 5.41) is 0. The Morgan fingerprint density at radius 1 is 1.32 bits per heavy atom. The third-order valence-electron chi connectivity index (χ3n) is 3.66. The molecule has 0 saturated carbocycles. The van der Waals surface area contributed by atoms with Gasteiger partial charge in [-0.1, -0.05) is 6.07 Å². The van der Waals surface area contributed by atoms with Crippen molar-refractivity contribution in [3.8, 4) is 0 Å². The molecule has 0 aliphatic carbocycles. The van der Waals surface area contributed by atoms with Crippen LogP contribution in [0.1, 0.15) is 12.5 Å². The molecule has 5 nitrogen and oxygen atoms in total. The Kier molecular flexibility index (Phi) is 5.13. The van der Waals surface area contributed by atoms with Crippen LogP contribution in [0.4, 0.5) is 5.82 Å². The van der Waals surface area contributed by atoms with Crippen molar-refractivity contribution in [3.63, 3.8) is 0 Å². The Labute approximate surface area is 115 Å². The summed E-state index contributed by atoms with van der Waals surface area (Å²) < 4.78 is 5.31. The van der Waals surface area contributed by atoms with Gasteiger partial charge < -0.3 is 15.4 Å². The van der Waals surface area contributed by atoms with Crippen LogP contribution < -0.4 is 10.6 Å². The quantitative estimate of drug-likeness (QED) is 0.848. The molecule has 1 unspecified atom stereocenters. The van der Waals surface area contributed by atoms with E-state index in [0.717, 1.165) is 44.1 Å². The van der Waals surface area contributed by atoms with Gasteiger partial charge in [0.15, 0.2) is 0 Å². The van der Waals surface area contributed by atoms with Crippen LogP contribution in [0.25, 0.3) is 0 Å². The first-order chi connectivity index (χ1) is 9.22. The molecule has 0 amide bonds. The van der Waals surface area contributed by atoms with Gasteiger partial charge in [-0.2, -0.15) is 0 Å². The van der Waals surface area contributed by atoms with Crippen molar-refractivity contribution in [2.75, 3.05) is 44.7 Å². The van der Waals surface area contributed by atoms with Crippen molar-refractivity contribution < 1.29 is 4.74 Å². The molecule has 0 aromatic carbocycles. The minimum absolute atomic E-state index is 0.300. The first kappa shape index (κ1) is 14.2.